The number of rotatable bonds is 8. The number of nitrogens with one attached hydrogen (secondary N) is 1. The smallest absolute Gasteiger partial charge is 0.270 e. The van der Waals surface area contributed by atoms with Gasteiger partial charge in [-0.2, -0.15) is 0 Å². The number of hydrogen-bond donors (Lipinski definition) is 1. The molecule has 158 valence electrons. The van der Waals surface area contributed by atoms with E-state index < -0.39 is 10.8 Å². The Balaban J connectivity index is 1.68. The van der Waals surface area contributed by atoms with Crippen LogP contribution in [-0.2, 0) is 4.79 Å². The van der Waals surface area contributed by atoms with E-state index in [2.05, 4.69) is 5.32 Å². The number of fused-ring (bicyclic) bond motifs is 1. The Morgan fingerprint density at radius 1 is 1.20 bits per heavy atom. The fraction of sp³-hybridized carbons (Fsp3) is 0.333. The molecular weight excluding hydrogens is 392 g/mol. The number of non-ortho nitro benzene ring substituents is 1. The van der Waals surface area contributed by atoms with Crippen LogP contribution in [-0.4, -0.2) is 36.9 Å². The second kappa shape index (κ2) is 9.25. The quantitative estimate of drug-likeness (QED) is 0.401. The van der Waals surface area contributed by atoms with Gasteiger partial charge < -0.3 is 19.5 Å². The fourth-order valence-corrected chi connectivity index (χ4v) is 3.12. The first-order valence-electron chi connectivity index (χ1n) is 9.44. The molecule has 0 saturated heterocycles. The summed E-state index contributed by atoms with van der Waals surface area (Å²) in [6, 6.07) is 8.87. The summed E-state index contributed by atoms with van der Waals surface area (Å²) in [5, 5.41) is 13.7. The minimum atomic E-state index is -0.607. The predicted octanol–water partition coefficient (Wildman–Crippen LogP) is 3.07. The SMILES string of the molecule is CC(C)[C@@H](NC(=O)COc1ccc([N+](=O)[O-])cc1C=O)c1ccc2c(c1)OCCO2. The standard InChI is InChI=1S/C21H22N2O7/c1-13(2)21(14-3-5-18-19(10-14)29-8-7-28-18)22-20(25)12-30-17-6-4-16(23(26)27)9-15(17)11-24/h3-6,9-11,13,21H,7-8,12H2,1-2H3,(H,22,25)/t21-/m1/s1. The number of carbonyl (C=O) groups is 2. The van der Waals surface area contributed by atoms with Gasteiger partial charge in [-0.1, -0.05) is 19.9 Å². The van der Waals surface area contributed by atoms with Gasteiger partial charge in [0.15, 0.2) is 24.4 Å². The third kappa shape index (κ3) is 4.86. The summed E-state index contributed by atoms with van der Waals surface area (Å²) < 4.78 is 16.6. The third-order valence-electron chi connectivity index (χ3n) is 4.60. The molecule has 1 heterocycles. The van der Waals surface area contributed by atoms with E-state index in [0.717, 1.165) is 11.6 Å². The number of benzene rings is 2. The van der Waals surface area contributed by atoms with Gasteiger partial charge in [-0.25, -0.2) is 0 Å². The van der Waals surface area contributed by atoms with Crippen LogP contribution in [0.3, 0.4) is 0 Å². The summed E-state index contributed by atoms with van der Waals surface area (Å²) in [5.74, 6) is 1.10. The number of hydrogen-bond acceptors (Lipinski definition) is 7. The summed E-state index contributed by atoms with van der Waals surface area (Å²) >= 11 is 0. The molecular formula is C21H22N2O7. The van der Waals surface area contributed by atoms with Crippen LogP contribution in [0.1, 0.15) is 35.8 Å². The lowest BCUT2D eigenvalue weighted by Crippen LogP contribution is -2.35. The molecule has 0 unspecified atom stereocenters. The number of carbonyl (C=O) groups excluding carboxylic acids is 2. The van der Waals surface area contributed by atoms with E-state index in [1.165, 1.54) is 12.1 Å². The molecule has 30 heavy (non-hydrogen) atoms. The fourth-order valence-electron chi connectivity index (χ4n) is 3.12. The summed E-state index contributed by atoms with van der Waals surface area (Å²) in [5.41, 5.74) is 0.642. The minimum Gasteiger partial charge on any atom is -0.486 e. The Hall–Kier alpha value is -3.62. The van der Waals surface area contributed by atoms with Crippen molar-refractivity contribution >= 4 is 17.9 Å². The van der Waals surface area contributed by atoms with Crippen molar-refractivity contribution in [1.29, 1.82) is 0 Å². The van der Waals surface area contributed by atoms with E-state index in [1.54, 1.807) is 0 Å². The molecule has 1 aliphatic rings. The van der Waals surface area contributed by atoms with Crippen LogP contribution in [0.15, 0.2) is 36.4 Å². The minimum absolute atomic E-state index is 0.00393. The van der Waals surface area contributed by atoms with Crippen molar-refractivity contribution in [3.05, 3.63) is 57.6 Å². The maximum atomic E-state index is 12.5. The van der Waals surface area contributed by atoms with Gasteiger partial charge in [0.25, 0.3) is 11.6 Å². The molecule has 1 N–H and O–H groups in total. The van der Waals surface area contributed by atoms with E-state index in [9.17, 15) is 19.7 Å². The molecule has 2 aromatic rings. The van der Waals surface area contributed by atoms with E-state index in [4.69, 9.17) is 14.2 Å². The molecule has 9 nitrogen and oxygen atoms in total. The number of nitro benzene ring substituents is 1. The summed E-state index contributed by atoms with van der Waals surface area (Å²) in [4.78, 5) is 33.9. The van der Waals surface area contributed by atoms with Crippen LogP contribution in [0.25, 0.3) is 0 Å². The molecule has 0 aromatic heterocycles. The Morgan fingerprint density at radius 3 is 2.60 bits per heavy atom. The topological polar surface area (TPSA) is 117 Å². The zero-order valence-corrected chi connectivity index (χ0v) is 16.6. The van der Waals surface area contributed by atoms with Crippen molar-refractivity contribution in [3.8, 4) is 17.2 Å². The van der Waals surface area contributed by atoms with Gasteiger partial charge in [-0.15, -0.1) is 0 Å². The Labute approximate surface area is 173 Å². The lowest BCUT2D eigenvalue weighted by atomic mass is 9.95. The summed E-state index contributed by atoms with van der Waals surface area (Å²) in [6.07, 6.45) is 0.451. The van der Waals surface area contributed by atoms with Gasteiger partial charge >= 0.3 is 0 Å². The van der Waals surface area contributed by atoms with Crippen molar-refractivity contribution in [2.24, 2.45) is 5.92 Å². The van der Waals surface area contributed by atoms with Crippen molar-refractivity contribution in [1.82, 2.24) is 5.32 Å². The summed E-state index contributed by atoms with van der Waals surface area (Å²) in [6.45, 7) is 4.58. The van der Waals surface area contributed by atoms with Crippen molar-refractivity contribution in [3.63, 3.8) is 0 Å². The molecule has 0 radical (unpaired) electrons. The maximum absolute atomic E-state index is 12.5. The van der Waals surface area contributed by atoms with Crippen molar-refractivity contribution in [2.75, 3.05) is 19.8 Å². The highest BCUT2D eigenvalue weighted by Gasteiger charge is 2.22. The highest BCUT2D eigenvalue weighted by Crippen LogP contribution is 2.34. The van der Waals surface area contributed by atoms with Crippen molar-refractivity contribution in [2.45, 2.75) is 19.9 Å². The van der Waals surface area contributed by atoms with E-state index in [0.29, 0.717) is 31.0 Å². The molecule has 0 bridgehead atoms. The van der Waals surface area contributed by atoms with Gasteiger partial charge in [0.05, 0.1) is 16.5 Å². The van der Waals surface area contributed by atoms with Crippen molar-refractivity contribution < 1.29 is 28.7 Å². The lowest BCUT2D eigenvalue weighted by Gasteiger charge is -2.25. The Morgan fingerprint density at radius 2 is 1.93 bits per heavy atom. The zero-order valence-electron chi connectivity index (χ0n) is 16.6. The highest BCUT2D eigenvalue weighted by atomic mass is 16.6. The van der Waals surface area contributed by atoms with Gasteiger partial charge in [-0.3, -0.25) is 19.7 Å². The van der Waals surface area contributed by atoms with Crippen LogP contribution in [0.2, 0.25) is 0 Å². The number of nitro groups is 1. The lowest BCUT2D eigenvalue weighted by molar-refractivity contribution is -0.384. The van der Waals surface area contributed by atoms with Gasteiger partial charge in [0.1, 0.15) is 19.0 Å². The molecule has 1 amide bonds. The number of ether oxygens (including phenoxy) is 3. The van der Waals surface area contributed by atoms with Gasteiger partial charge in [-0.05, 0) is 29.7 Å². The molecule has 9 heteroatoms. The Bertz CT molecular complexity index is 958. The predicted molar refractivity (Wildman–Crippen MR) is 107 cm³/mol. The monoisotopic (exact) mass is 414 g/mol. The van der Waals surface area contributed by atoms with Crippen LogP contribution in [0, 0.1) is 16.0 Å². The number of nitrogens with zero attached hydrogens (tertiary/aromatic N) is 1. The second-order valence-corrected chi connectivity index (χ2v) is 7.08. The Kier molecular flexibility index (Phi) is 6.51. The second-order valence-electron chi connectivity index (χ2n) is 7.08. The molecule has 0 aliphatic carbocycles. The van der Waals surface area contributed by atoms with E-state index >= 15 is 0 Å². The molecule has 0 spiro atoms. The van der Waals surface area contributed by atoms with Gasteiger partial charge in [0, 0.05) is 12.1 Å². The number of aldehydes is 1. The first kappa shape index (κ1) is 21.1. The maximum Gasteiger partial charge on any atom is 0.270 e. The van der Waals surface area contributed by atoms with Crippen LogP contribution < -0.4 is 19.5 Å². The molecule has 0 saturated carbocycles. The van der Waals surface area contributed by atoms with E-state index in [-0.39, 0.29) is 35.6 Å². The van der Waals surface area contributed by atoms with Crippen LogP contribution >= 0.6 is 0 Å². The average molecular weight is 414 g/mol. The normalized spacial score (nSPS) is 13.4. The largest absolute Gasteiger partial charge is 0.486 e. The molecule has 3 rings (SSSR count). The number of amides is 1. The molecule has 1 aliphatic heterocycles. The molecule has 0 fully saturated rings. The highest BCUT2D eigenvalue weighted by molar-refractivity contribution is 5.82. The first-order valence-corrected chi connectivity index (χ1v) is 9.44. The van der Waals surface area contributed by atoms with Crippen LogP contribution in [0.5, 0.6) is 17.2 Å². The third-order valence-corrected chi connectivity index (χ3v) is 4.60. The molecule has 1 atom stereocenters. The average Bonchev–Trinajstić information content (AvgIpc) is 2.75. The molecule has 2 aromatic carbocycles. The van der Waals surface area contributed by atoms with Crippen LogP contribution in [0.4, 0.5) is 5.69 Å². The first-order chi connectivity index (χ1) is 14.4. The van der Waals surface area contributed by atoms with E-state index in [1.807, 2.05) is 32.0 Å². The summed E-state index contributed by atoms with van der Waals surface area (Å²) in [7, 11) is 0. The zero-order chi connectivity index (χ0) is 21.7. The van der Waals surface area contributed by atoms with Gasteiger partial charge in [0.2, 0.25) is 0 Å².